The zero-order valence-electron chi connectivity index (χ0n) is 16.9. The number of benzene rings is 3. The molecule has 3 aromatic rings. The standard InChI is InChI=1S/C24H25NO4S/c1-19-13-15-21(16-14-19)29-23-12-6-5-11-22(23)25-24(26)18-30(27,28)17-7-10-20-8-3-2-4-9-20/h2-6,8-9,11-16H,7,10,17-18H2,1H3,(H,25,26). The molecule has 156 valence electrons. The first-order valence-corrected chi connectivity index (χ1v) is 11.6. The number of sulfone groups is 1. The number of carbonyl (C=O) groups excluding carboxylic acids is 1. The smallest absolute Gasteiger partial charge is 0.239 e. The molecule has 0 atom stereocenters. The second-order valence-corrected chi connectivity index (χ2v) is 9.32. The van der Waals surface area contributed by atoms with E-state index in [4.69, 9.17) is 4.74 Å². The fourth-order valence-corrected chi connectivity index (χ4v) is 4.19. The van der Waals surface area contributed by atoms with Crippen LogP contribution in [0.2, 0.25) is 0 Å². The van der Waals surface area contributed by atoms with Crippen LogP contribution in [0.3, 0.4) is 0 Å². The van der Waals surface area contributed by atoms with E-state index in [0.717, 1.165) is 11.1 Å². The summed E-state index contributed by atoms with van der Waals surface area (Å²) >= 11 is 0. The Morgan fingerprint density at radius 2 is 1.57 bits per heavy atom. The summed E-state index contributed by atoms with van der Waals surface area (Å²) in [4.78, 5) is 12.4. The summed E-state index contributed by atoms with van der Waals surface area (Å²) in [6, 6.07) is 24.2. The number of para-hydroxylation sites is 2. The van der Waals surface area contributed by atoms with E-state index in [1.54, 1.807) is 24.3 Å². The quantitative estimate of drug-likeness (QED) is 0.538. The number of aryl methyl sites for hydroxylation is 2. The van der Waals surface area contributed by atoms with Crippen LogP contribution in [0.4, 0.5) is 5.69 Å². The highest BCUT2D eigenvalue weighted by molar-refractivity contribution is 7.92. The van der Waals surface area contributed by atoms with Gasteiger partial charge in [0.25, 0.3) is 0 Å². The Hall–Kier alpha value is -3.12. The van der Waals surface area contributed by atoms with Gasteiger partial charge in [0.2, 0.25) is 5.91 Å². The van der Waals surface area contributed by atoms with Crippen LogP contribution in [0.1, 0.15) is 17.5 Å². The summed E-state index contributed by atoms with van der Waals surface area (Å²) in [6.45, 7) is 1.98. The predicted octanol–water partition coefficient (Wildman–Crippen LogP) is 4.77. The third-order valence-corrected chi connectivity index (χ3v) is 6.14. The van der Waals surface area contributed by atoms with Gasteiger partial charge in [-0.2, -0.15) is 0 Å². The molecular formula is C24H25NO4S. The van der Waals surface area contributed by atoms with Crippen LogP contribution in [-0.2, 0) is 21.1 Å². The number of carbonyl (C=O) groups is 1. The minimum Gasteiger partial charge on any atom is -0.455 e. The van der Waals surface area contributed by atoms with Gasteiger partial charge in [-0.1, -0.05) is 60.2 Å². The van der Waals surface area contributed by atoms with Gasteiger partial charge in [-0.15, -0.1) is 0 Å². The van der Waals surface area contributed by atoms with Crippen LogP contribution in [0.5, 0.6) is 11.5 Å². The van der Waals surface area contributed by atoms with E-state index in [0.29, 0.717) is 30.0 Å². The summed E-state index contributed by atoms with van der Waals surface area (Å²) in [6.07, 6.45) is 1.14. The molecule has 0 aliphatic carbocycles. The summed E-state index contributed by atoms with van der Waals surface area (Å²) in [5.41, 5.74) is 2.63. The van der Waals surface area contributed by atoms with Crippen molar-refractivity contribution in [2.75, 3.05) is 16.8 Å². The molecule has 0 saturated heterocycles. The van der Waals surface area contributed by atoms with Crippen molar-refractivity contribution < 1.29 is 17.9 Å². The fourth-order valence-electron chi connectivity index (χ4n) is 2.99. The molecule has 0 unspecified atom stereocenters. The Balaban J connectivity index is 1.57. The van der Waals surface area contributed by atoms with Gasteiger partial charge in [-0.3, -0.25) is 4.79 Å². The number of hydrogen-bond donors (Lipinski definition) is 1. The van der Waals surface area contributed by atoms with Gasteiger partial charge in [0, 0.05) is 0 Å². The Kier molecular flexibility index (Phi) is 7.25. The summed E-state index contributed by atoms with van der Waals surface area (Å²) in [5, 5.41) is 2.66. The van der Waals surface area contributed by atoms with Crippen molar-refractivity contribution in [1.29, 1.82) is 0 Å². The first kappa shape index (κ1) is 21.6. The van der Waals surface area contributed by atoms with E-state index >= 15 is 0 Å². The molecule has 6 heteroatoms. The van der Waals surface area contributed by atoms with Crippen molar-refractivity contribution in [3.63, 3.8) is 0 Å². The number of nitrogens with one attached hydrogen (secondary N) is 1. The molecule has 30 heavy (non-hydrogen) atoms. The molecule has 1 amide bonds. The predicted molar refractivity (Wildman–Crippen MR) is 120 cm³/mol. The maximum absolute atomic E-state index is 12.4. The largest absolute Gasteiger partial charge is 0.455 e. The highest BCUT2D eigenvalue weighted by Crippen LogP contribution is 2.29. The normalized spacial score (nSPS) is 11.1. The number of ether oxygens (including phenoxy) is 1. The third-order valence-electron chi connectivity index (χ3n) is 4.52. The van der Waals surface area contributed by atoms with Gasteiger partial charge >= 0.3 is 0 Å². The lowest BCUT2D eigenvalue weighted by Gasteiger charge is -2.12. The van der Waals surface area contributed by atoms with Gasteiger partial charge < -0.3 is 10.1 Å². The molecule has 0 spiro atoms. The first-order chi connectivity index (χ1) is 14.4. The van der Waals surface area contributed by atoms with Crippen molar-refractivity contribution in [2.24, 2.45) is 0 Å². The molecule has 0 heterocycles. The molecule has 0 aromatic heterocycles. The zero-order valence-corrected chi connectivity index (χ0v) is 17.7. The van der Waals surface area contributed by atoms with E-state index < -0.39 is 21.5 Å². The van der Waals surface area contributed by atoms with Crippen LogP contribution in [0.15, 0.2) is 78.9 Å². The van der Waals surface area contributed by atoms with Crippen molar-refractivity contribution in [3.05, 3.63) is 90.0 Å². The van der Waals surface area contributed by atoms with E-state index in [1.165, 1.54) is 0 Å². The number of anilines is 1. The molecule has 1 N–H and O–H groups in total. The topological polar surface area (TPSA) is 72.5 Å². The second-order valence-electron chi connectivity index (χ2n) is 7.14. The van der Waals surface area contributed by atoms with E-state index in [2.05, 4.69) is 5.32 Å². The van der Waals surface area contributed by atoms with Gasteiger partial charge in [0.1, 0.15) is 11.5 Å². The lowest BCUT2D eigenvalue weighted by atomic mass is 10.1. The molecule has 0 fully saturated rings. The molecular weight excluding hydrogens is 398 g/mol. The average Bonchev–Trinajstić information content (AvgIpc) is 2.71. The van der Waals surface area contributed by atoms with E-state index in [1.807, 2.05) is 61.5 Å². The van der Waals surface area contributed by atoms with E-state index in [9.17, 15) is 13.2 Å². The van der Waals surface area contributed by atoms with E-state index in [-0.39, 0.29) is 5.75 Å². The molecule has 3 aromatic carbocycles. The van der Waals surface area contributed by atoms with Crippen LogP contribution in [-0.4, -0.2) is 25.8 Å². The van der Waals surface area contributed by atoms with Crippen LogP contribution in [0, 0.1) is 6.92 Å². The van der Waals surface area contributed by atoms with Crippen LogP contribution >= 0.6 is 0 Å². The number of amides is 1. The fraction of sp³-hybridized carbons (Fsp3) is 0.208. The summed E-state index contributed by atoms with van der Waals surface area (Å²) in [5.74, 6) is -0.0704. The molecule has 5 nitrogen and oxygen atoms in total. The second kappa shape index (κ2) is 10.1. The summed E-state index contributed by atoms with van der Waals surface area (Å²) < 4.78 is 30.5. The minimum absolute atomic E-state index is 0.0309. The SMILES string of the molecule is Cc1ccc(Oc2ccccc2NC(=O)CS(=O)(=O)CCCc2ccccc2)cc1. The molecule has 0 saturated carbocycles. The molecule has 0 bridgehead atoms. The maximum atomic E-state index is 12.4. The Morgan fingerprint density at radius 1 is 0.900 bits per heavy atom. The monoisotopic (exact) mass is 423 g/mol. The lowest BCUT2D eigenvalue weighted by Crippen LogP contribution is -2.25. The number of rotatable bonds is 9. The van der Waals surface area contributed by atoms with Crippen molar-refractivity contribution in [2.45, 2.75) is 19.8 Å². The molecule has 0 aliphatic rings. The number of hydrogen-bond acceptors (Lipinski definition) is 4. The Morgan fingerprint density at radius 3 is 2.30 bits per heavy atom. The maximum Gasteiger partial charge on any atom is 0.239 e. The van der Waals surface area contributed by atoms with Gasteiger partial charge in [0.15, 0.2) is 15.6 Å². The average molecular weight is 424 g/mol. The van der Waals surface area contributed by atoms with Gasteiger partial charge in [-0.05, 0) is 49.6 Å². The highest BCUT2D eigenvalue weighted by Gasteiger charge is 2.18. The van der Waals surface area contributed by atoms with Crippen LogP contribution < -0.4 is 10.1 Å². The van der Waals surface area contributed by atoms with Gasteiger partial charge in [0.05, 0.1) is 11.4 Å². The first-order valence-electron chi connectivity index (χ1n) is 9.79. The molecule has 0 aliphatic heterocycles. The Labute approximate surface area is 177 Å². The highest BCUT2D eigenvalue weighted by atomic mass is 32.2. The molecule has 3 rings (SSSR count). The Bertz CT molecular complexity index is 1080. The van der Waals surface area contributed by atoms with Crippen molar-refractivity contribution in [1.82, 2.24) is 0 Å². The van der Waals surface area contributed by atoms with Crippen LogP contribution in [0.25, 0.3) is 0 Å². The third kappa shape index (κ3) is 6.74. The molecule has 0 radical (unpaired) electrons. The minimum atomic E-state index is -3.50. The van der Waals surface area contributed by atoms with Crippen molar-refractivity contribution >= 4 is 21.4 Å². The zero-order chi connectivity index (χ0) is 21.4. The van der Waals surface area contributed by atoms with Crippen molar-refractivity contribution in [3.8, 4) is 11.5 Å². The lowest BCUT2D eigenvalue weighted by molar-refractivity contribution is -0.113. The van der Waals surface area contributed by atoms with Gasteiger partial charge in [-0.25, -0.2) is 8.42 Å². The summed E-state index contributed by atoms with van der Waals surface area (Å²) in [7, 11) is -3.50.